The highest BCUT2D eigenvalue weighted by Gasteiger charge is 2.26. The fourth-order valence-electron chi connectivity index (χ4n) is 4.68. The van der Waals surface area contributed by atoms with Gasteiger partial charge in [-0.2, -0.15) is 0 Å². The Bertz CT molecular complexity index is 972. The van der Waals surface area contributed by atoms with Crippen LogP contribution in [-0.2, 0) is 23.2 Å². The van der Waals surface area contributed by atoms with Gasteiger partial charge in [-0.05, 0) is 77.8 Å². The molecule has 0 aliphatic rings. The molecule has 0 bridgehead atoms. The number of aromatic nitrogens is 1. The molecule has 212 valence electrons. The van der Waals surface area contributed by atoms with Crippen molar-refractivity contribution >= 4 is 5.91 Å². The minimum atomic E-state index is -0.717. The second-order valence-electron chi connectivity index (χ2n) is 12.2. The molecule has 1 amide bonds. The predicted molar refractivity (Wildman–Crippen MR) is 156 cm³/mol. The average molecular weight is 526 g/mol. The number of pyridine rings is 1. The zero-order valence-corrected chi connectivity index (χ0v) is 24.7. The topological polar surface area (TPSA) is 97.5 Å². The zero-order valence-electron chi connectivity index (χ0n) is 24.7. The summed E-state index contributed by atoms with van der Waals surface area (Å²) in [6.45, 7) is 16.1. The third-order valence-electron chi connectivity index (χ3n) is 7.38. The van der Waals surface area contributed by atoms with Crippen LogP contribution in [0.1, 0.15) is 90.8 Å². The molecule has 2 rings (SSSR count). The second kappa shape index (κ2) is 15.2. The minimum absolute atomic E-state index is 0.0108. The number of rotatable bonds is 15. The van der Waals surface area contributed by atoms with Gasteiger partial charge in [0.05, 0.1) is 6.10 Å². The van der Waals surface area contributed by atoms with Gasteiger partial charge in [-0.25, -0.2) is 0 Å². The summed E-state index contributed by atoms with van der Waals surface area (Å²) in [5, 5.41) is 13.8. The van der Waals surface area contributed by atoms with Gasteiger partial charge in [0.25, 0.3) is 0 Å². The Hall–Kier alpha value is -2.44. The molecule has 0 spiro atoms. The molecule has 0 radical (unpaired) electrons. The van der Waals surface area contributed by atoms with Crippen LogP contribution in [-0.4, -0.2) is 34.7 Å². The van der Waals surface area contributed by atoms with E-state index in [0.717, 1.165) is 30.6 Å². The van der Waals surface area contributed by atoms with Crippen LogP contribution in [0.3, 0.4) is 0 Å². The van der Waals surface area contributed by atoms with E-state index >= 15 is 0 Å². The Labute approximate surface area is 230 Å². The highest BCUT2D eigenvalue weighted by molar-refractivity contribution is 5.78. The Balaban J connectivity index is 2.08. The SMILES string of the molecule is CCCCNC(=O)[C@H](C)C[C@H](O)[C@@H](N)C[C@H](Cc1ccc(C(C)(C)C)c(OCc2ccncc2)c1)C(C)C. The van der Waals surface area contributed by atoms with Crippen LogP contribution in [0.4, 0.5) is 0 Å². The maximum absolute atomic E-state index is 12.3. The average Bonchev–Trinajstić information content (AvgIpc) is 2.86. The smallest absolute Gasteiger partial charge is 0.222 e. The Morgan fingerprint density at radius 1 is 1.08 bits per heavy atom. The van der Waals surface area contributed by atoms with E-state index < -0.39 is 6.10 Å². The quantitative estimate of drug-likeness (QED) is 0.256. The van der Waals surface area contributed by atoms with Crippen LogP contribution in [0.2, 0.25) is 0 Å². The first-order chi connectivity index (χ1) is 17.9. The molecule has 0 unspecified atom stereocenters. The fourth-order valence-corrected chi connectivity index (χ4v) is 4.68. The van der Waals surface area contributed by atoms with Crippen molar-refractivity contribution in [3.8, 4) is 5.75 Å². The van der Waals surface area contributed by atoms with E-state index in [4.69, 9.17) is 10.5 Å². The molecular formula is C32H51N3O3. The number of unbranched alkanes of at least 4 members (excludes halogenated alkanes) is 1. The maximum Gasteiger partial charge on any atom is 0.222 e. The molecule has 38 heavy (non-hydrogen) atoms. The van der Waals surface area contributed by atoms with Crippen molar-refractivity contribution < 1.29 is 14.6 Å². The first-order valence-corrected chi connectivity index (χ1v) is 14.3. The molecule has 2 aromatic rings. The molecule has 6 heteroatoms. The third-order valence-corrected chi connectivity index (χ3v) is 7.38. The number of ether oxygens (including phenoxy) is 1. The molecule has 0 saturated heterocycles. The largest absolute Gasteiger partial charge is 0.489 e. The van der Waals surface area contributed by atoms with Crippen molar-refractivity contribution in [2.24, 2.45) is 23.5 Å². The second-order valence-corrected chi connectivity index (χ2v) is 12.2. The summed E-state index contributed by atoms with van der Waals surface area (Å²) in [5.41, 5.74) is 9.90. The van der Waals surface area contributed by atoms with Gasteiger partial charge >= 0.3 is 0 Å². The summed E-state index contributed by atoms with van der Waals surface area (Å²) < 4.78 is 6.32. The van der Waals surface area contributed by atoms with Crippen LogP contribution in [0.25, 0.3) is 0 Å². The van der Waals surface area contributed by atoms with Crippen LogP contribution in [0.15, 0.2) is 42.7 Å². The summed E-state index contributed by atoms with van der Waals surface area (Å²) in [4.78, 5) is 16.4. The molecule has 4 N–H and O–H groups in total. The van der Waals surface area contributed by atoms with Crippen LogP contribution in [0.5, 0.6) is 5.75 Å². The molecule has 4 atom stereocenters. The van der Waals surface area contributed by atoms with Crippen molar-refractivity contribution in [2.75, 3.05) is 6.54 Å². The standard InChI is InChI=1S/C32H51N3O3/c1-8-9-14-35-31(37)23(4)17-29(36)28(33)20-26(22(2)3)18-25-10-11-27(32(5,6)7)30(19-25)38-21-24-12-15-34-16-13-24/h10-13,15-16,19,22-23,26,28-29,36H,8-9,14,17-18,20-21,33H2,1-7H3,(H,35,37)/t23-,26+,28+,29+/m1/s1. The highest BCUT2D eigenvalue weighted by atomic mass is 16.5. The predicted octanol–water partition coefficient (Wildman–Crippen LogP) is 5.79. The van der Waals surface area contributed by atoms with E-state index in [-0.39, 0.29) is 23.3 Å². The van der Waals surface area contributed by atoms with E-state index in [1.807, 2.05) is 19.1 Å². The minimum Gasteiger partial charge on any atom is -0.489 e. The van der Waals surface area contributed by atoms with Crippen molar-refractivity contribution in [3.05, 3.63) is 59.4 Å². The van der Waals surface area contributed by atoms with Crippen LogP contribution >= 0.6 is 0 Å². The van der Waals surface area contributed by atoms with Gasteiger partial charge in [-0.15, -0.1) is 0 Å². The number of carbonyl (C=O) groups is 1. The monoisotopic (exact) mass is 525 g/mol. The van der Waals surface area contributed by atoms with E-state index in [0.29, 0.717) is 37.8 Å². The lowest BCUT2D eigenvalue weighted by atomic mass is 9.81. The molecule has 1 heterocycles. The summed E-state index contributed by atoms with van der Waals surface area (Å²) >= 11 is 0. The van der Waals surface area contributed by atoms with Crippen molar-refractivity contribution in [1.82, 2.24) is 10.3 Å². The summed E-state index contributed by atoms with van der Waals surface area (Å²) in [6.07, 6.45) is 6.76. The third kappa shape index (κ3) is 10.4. The van der Waals surface area contributed by atoms with Crippen molar-refractivity contribution in [3.63, 3.8) is 0 Å². The lowest BCUT2D eigenvalue weighted by molar-refractivity contribution is -0.125. The maximum atomic E-state index is 12.3. The first-order valence-electron chi connectivity index (χ1n) is 14.3. The van der Waals surface area contributed by atoms with Gasteiger partial charge in [0.1, 0.15) is 12.4 Å². The highest BCUT2D eigenvalue weighted by Crippen LogP contribution is 2.34. The molecule has 0 saturated carbocycles. The molecule has 1 aromatic heterocycles. The fraction of sp³-hybridized carbons (Fsp3) is 0.625. The van der Waals surface area contributed by atoms with Gasteiger partial charge in [-0.3, -0.25) is 9.78 Å². The Morgan fingerprint density at radius 2 is 1.76 bits per heavy atom. The number of benzene rings is 1. The molecule has 0 aliphatic heterocycles. The number of amides is 1. The van der Waals surface area contributed by atoms with Gasteiger partial charge < -0.3 is 20.9 Å². The number of hydrogen-bond acceptors (Lipinski definition) is 5. The lowest BCUT2D eigenvalue weighted by Gasteiger charge is -2.29. The van der Waals surface area contributed by atoms with Gasteiger partial charge in [0.15, 0.2) is 0 Å². The number of carbonyl (C=O) groups excluding carboxylic acids is 1. The van der Waals surface area contributed by atoms with Gasteiger partial charge in [0.2, 0.25) is 5.91 Å². The van der Waals surface area contributed by atoms with E-state index in [1.165, 1.54) is 11.1 Å². The molecule has 0 aliphatic carbocycles. The normalized spacial score (nSPS) is 15.1. The zero-order chi connectivity index (χ0) is 28.3. The van der Waals surface area contributed by atoms with Crippen molar-refractivity contribution in [1.29, 1.82) is 0 Å². The number of hydrogen-bond donors (Lipinski definition) is 3. The summed E-state index contributed by atoms with van der Waals surface area (Å²) in [7, 11) is 0. The molecular weight excluding hydrogens is 474 g/mol. The lowest BCUT2D eigenvalue weighted by Crippen LogP contribution is -2.41. The van der Waals surface area contributed by atoms with Crippen molar-refractivity contribution in [2.45, 2.75) is 105 Å². The summed E-state index contributed by atoms with van der Waals surface area (Å²) in [5.74, 6) is 1.31. The van der Waals surface area contributed by atoms with Crippen LogP contribution < -0.4 is 15.8 Å². The van der Waals surface area contributed by atoms with E-state index in [1.54, 1.807) is 12.4 Å². The number of aliphatic hydroxyl groups excluding tert-OH is 1. The number of nitrogens with zero attached hydrogens (tertiary/aromatic N) is 1. The number of aliphatic hydroxyl groups is 1. The molecule has 0 fully saturated rings. The van der Waals surface area contributed by atoms with Gasteiger partial charge in [0, 0.05) is 30.9 Å². The molecule has 6 nitrogen and oxygen atoms in total. The Kier molecular flexibility index (Phi) is 12.7. The number of nitrogens with two attached hydrogens (primary N) is 1. The molecule has 1 aromatic carbocycles. The first kappa shape index (κ1) is 31.8. The van der Waals surface area contributed by atoms with Crippen LogP contribution in [0, 0.1) is 17.8 Å². The number of nitrogens with one attached hydrogen (secondary N) is 1. The van der Waals surface area contributed by atoms with Gasteiger partial charge in [-0.1, -0.05) is 67.0 Å². The summed E-state index contributed by atoms with van der Waals surface area (Å²) in [6, 6.07) is 10.1. The van der Waals surface area contributed by atoms with E-state index in [2.05, 4.69) is 70.0 Å². The Morgan fingerprint density at radius 3 is 2.37 bits per heavy atom. The van der Waals surface area contributed by atoms with E-state index in [9.17, 15) is 9.90 Å².